The van der Waals surface area contributed by atoms with E-state index >= 15 is 0 Å². The molecule has 1 N–H and O–H groups in total. The van der Waals surface area contributed by atoms with Gasteiger partial charge in [-0.25, -0.2) is 0 Å². The van der Waals surface area contributed by atoms with Gasteiger partial charge in [0.15, 0.2) is 0 Å². The number of rotatable bonds is 2. The molecular weight excluding hydrogens is 246 g/mol. The molecule has 0 atom stereocenters. The van der Waals surface area contributed by atoms with E-state index in [0.717, 1.165) is 32.7 Å². The minimum absolute atomic E-state index is 1.08. The van der Waals surface area contributed by atoms with E-state index < -0.39 is 0 Å². The highest BCUT2D eigenvalue weighted by molar-refractivity contribution is 5.88. The topological polar surface area (TPSA) is 20.2 Å². The van der Waals surface area contributed by atoms with Gasteiger partial charge in [-0.2, -0.15) is 0 Å². The molecule has 1 fully saturated rings. The number of nitrogens with zero attached hydrogens (tertiary/aromatic N) is 2. The molecule has 2 heterocycles. The van der Waals surface area contributed by atoms with Crippen LogP contribution in [0.5, 0.6) is 0 Å². The lowest BCUT2D eigenvalue weighted by Crippen LogP contribution is -2.42. The Labute approximate surface area is 121 Å². The zero-order valence-electron chi connectivity index (χ0n) is 13.1. The van der Waals surface area contributed by atoms with E-state index in [1.165, 1.54) is 33.3 Å². The fourth-order valence-electron chi connectivity index (χ4n) is 3.33. The monoisotopic (exact) mass is 271 g/mol. The maximum Gasteiger partial charge on any atom is 0.0515 e. The SMILES string of the molecule is Cc1ccc2c(CN3CCNCC3)c(C)n(C)c2c1C. The van der Waals surface area contributed by atoms with Crippen LogP contribution < -0.4 is 5.32 Å². The van der Waals surface area contributed by atoms with Crippen LogP contribution in [0.25, 0.3) is 10.9 Å². The van der Waals surface area contributed by atoms with Crippen LogP contribution in [-0.4, -0.2) is 35.6 Å². The average Bonchev–Trinajstić information content (AvgIpc) is 2.69. The first-order chi connectivity index (χ1) is 9.59. The van der Waals surface area contributed by atoms with Gasteiger partial charge < -0.3 is 9.88 Å². The van der Waals surface area contributed by atoms with Gasteiger partial charge in [0.25, 0.3) is 0 Å². The Bertz CT molecular complexity index is 633. The van der Waals surface area contributed by atoms with Crippen molar-refractivity contribution in [2.75, 3.05) is 26.2 Å². The highest BCUT2D eigenvalue weighted by Crippen LogP contribution is 2.30. The molecule has 3 rings (SSSR count). The number of hydrogen-bond acceptors (Lipinski definition) is 2. The molecule has 1 saturated heterocycles. The molecule has 0 radical (unpaired) electrons. The summed E-state index contributed by atoms with van der Waals surface area (Å²) in [7, 11) is 2.20. The summed E-state index contributed by atoms with van der Waals surface area (Å²) in [4.78, 5) is 2.56. The van der Waals surface area contributed by atoms with Crippen molar-refractivity contribution in [1.29, 1.82) is 0 Å². The van der Waals surface area contributed by atoms with E-state index in [1.807, 2.05) is 0 Å². The number of aromatic nitrogens is 1. The largest absolute Gasteiger partial charge is 0.347 e. The van der Waals surface area contributed by atoms with Crippen LogP contribution in [-0.2, 0) is 13.6 Å². The molecule has 108 valence electrons. The number of fused-ring (bicyclic) bond motifs is 1. The molecule has 0 bridgehead atoms. The minimum Gasteiger partial charge on any atom is -0.347 e. The lowest BCUT2D eigenvalue weighted by Gasteiger charge is -2.27. The van der Waals surface area contributed by atoms with E-state index in [0.29, 0.717) is 0 Å². The Hall–Kier alpha value is -1.32. The fraction of sp³-hybridized carbons (Fsp3) is 0.529. The molecule has 0 aliphatic carbocycles. The van der Waals surface area contributed by atoms with Crippen molar-refractivity contribution in [1.82, 2.24) is 14.8 Å². The van der Waals surface area contributed by atoms with Crippen LogP contribution in [0.3, 0.4) is 0 Å². The Morgan fingerprint density at radius 1 is 1.10 bits per heavy atom. The predicted octanol–water partition coefficient (Wildman–Crippen LogP) is 2.51. The maximum absolute atomic E-state index is 3.43. The maximum atomic E-state index is 3.43. The number of piperazine rings is 1. The normalized spacial score (nSPS) is 17.0. The van der Waals surface area contributed by atoms with Crippen LogP contribution in [0.15, 0.2) is 12.1 Å². The molecule has 3 nitrogen and oxygen atoms in total. The van der Waals surface area contributed by atoms with E-state index in [-0.39, 0.29) is 0 Å². The first-order valence-electron chi connectivity index (χ1n) is 7.56. The summed E-state index contributed by atoms with van der Waals surface area (Å²) >= 11 is 0. The van der Waals surface area contributed by atoms with Crippen LogP contribution in [0, 0.1) is 20.8 Å². The molecule has 0 saturated carbocycles. The Morgan fingerprint density at radius 3 is 2.50 bits per heavy atom. The van der Waals surface area contributed by atoms with Crippen molar-refractivity contribution >= 4 is 10.9 Å². The van der Waals surface area contributed by atoms with Gasteiger partial charge in [-0.15, -0.1) is 0 Å². The van der Waals surface area contributed by atoms with E-state index in [9.17, 15) is 0 Å². The van der Waals surface area contributed by atoms with E-state index in [1.54, 1.807) is 0 Å². The summed E-state index contributed by atoms with van der Waals surface area (Å²) in [6.45, 7) is 12.3. The van der Waals surface area contributed by atoms with Gasteiger partial charge in [0, 0.05) is 50.9 Å². The average molecular weight is 271 g/mol. The van der Waals surface area contributed by atoms with Crippen LogP contribution in [0.1, 0.15) is 22.4 Å². The van der Waals surface area contributed by atoms with Gasteiger partial charge in [0.2, 0.25) is 0 Å². The molecule has 2 aromatic rings. The summed E-state index contributed by atoms with van der Waals surface area (Å²) in [6, 6.07) is 4.57. The summed E-state index contributed by atoms with van der Waals surface area (Å²) in [5, 5.41) is 4.86. The van der Waals surface area contributed by atoms with Gasteiger partial charge in [0.05, 0.1) is 5.52 Å². The molecule has 3 heteroatoms. The second-order valence-corrected chi connectivity index (χ2v) is 6.05. The van der Waals surface area contributed by atoms with Crippen molar-refractivity contribution in [3.8, 4) is 0 Å². The minimum atomic E-state index is 1.08. The van der Waals surface area contributed by atoms with Crippen molar-refractivity contribution in [2.45, 2.75) is 27.3 Å². The first-order valence-corrected chi connectivity index (χ1v) is 7.56. The van der Waals surface area contributed by atoms with Crippen LogP contribution in [0.2, 0.25) is 0 Å². The highest BCUT2D eigenvalue weighted by atomic mass is 15.2. The molecule has 0 unspecified atom stereocenters. The highest BCUT2D eigenvalue weighted by Gasteiger charge is 2.18. The lowest BCUT2D eigenvalue weighted by atomic mass is 10.0. The second-order valence-electron chi connectivity index (χ2n) is 6.05. The second kappa shape index (κ2) is 5.23. The Kier molecular flexibility index (Phi) is 3.57. The zero-order valence-corrected chi connectivity index (χ0v) is 13.1. The van der Waals surface area contributed by atoms with Crippen molar-refractivity contribution in [2.24, 2.45) is 7.05 Å². The summed E-state index contributed by atoms with van der Waals surface area (Å²) in [5.41, 5.74) is 7.12. The molecule has 1 aliphatic heterocycles. The van der Waals surface area contributed by atoms with E-state index in [2.05, 4.69) is 54.7 Å². The number of aryl methyl sites for hydroxylation is 3. The summed E-state index contributed by atoms with van der Waals surface area (Å²) < 4.78 is 2.37. The number of nitrogens with one attached hydrogen (secondary N) is 1. The number of hydrogen-bond donors (Lipinski definition) is 1. The smallest absolute Gasteiger partial charge is 0.0515 e. The molecule has 0 amide bonds. The quantitative estimate of drug-likeness (QED) is 0.905. The predicted molar refractivity (Wildman–Crippen MR) is 85.3 cm³/mol. The van der Waals surface area contributed by atoms with Crippen LogP contribution >= 0.6 is 0 Å². The zero-order chi connectivity index (χ0) is 14.3. The first kappa shape index (κ1) is 13.7. The van der Waals surface area contributed by atoms with Crippen molar-refractivity contribution < 1.29 is 0 Å². The fourth-order valence-corrected chi connectivity index (χ4v) is 3.33. The van der Waals surface area contributed by atoms with Gasteiger partial charge in [0.1, 0.15) is 0 Å². The summed E-state index contributed by atoms with van der Waals surface area (Å²) in [5.74, 6) is 0. The molecule has 1 aromatic carbocycles. The van der Waals surface area contributed by atoms with Gasteiger partial charge in [-0.05, 0) is 37.5 Å². The molecule has 20 heavy (non-hydrogen) atoms. The number of benzene rings is 1. The lowest BCUT2D eigenvalue weighted by molar-refractivity contribution is 0.233. The third-order valence-corrected chi connectivity index (χ3v) is 4.89. The molecule has 0 spiro atoms. The van der Waals surface area contributed by atoms with Gasteiger partial charge >= 0.3 is 0 Å². The third-order valence-electron chi connectivity index (χ3n) is 4.89. The van der Waals surface area contributed by atoms with Gasteiger partial charge in [-0.3, -0.25) is 4.90 Å². The van der Waals surface area contributed by atoms with E-state index in [4.69, 9.17) is 0 Å². The molecule has 1 aliphatic rings. The summed E-state index contributed by atoms with van der Waals surface area (Å²) in [6.07, 6.45) is 0. The van der Waals surface area contributed by atoms with Crippen LogP contribution in [0.4, 0.5) is 0 Å². The Morgan fingerprint density at radius 2 is 1.80 bits per heavy atom. The standard InChI is InChI=1S/C17H25N3/c1-12-5-6-15-16(11-20-9-7-18-8-10-20)14(3)19(4)17(15)13(12)2/h5-6,18H,7-11H2,1-4H3. The van der Waals surface area contributed by atoms with Gasteiger partial charge in [-0.1, -0.05) is 12.1 Å². The van der Waals surface area contributed by atoms with Crippen molar-refractivity contribution in [3.63, 3.8) is 0 Å². The third kappa shape index (κ3) is 2.15. The molecule has 1 aromatic heterocycles. The molecular formula is C17H25N3. The van der Waals surface area contributed by atoms with Crippen molar-refractivity contribution in [3.05, 3.63) is 34.5 Å². The Balaban J connectivity index is 2.06.